The van der Waals surface area contributed by atoms with Crippen LogP contribution in [0.1, 0.15) is 48.3 Å². The van der Waals surface area contributed by atoms with E-state index < -0.39 is 0 Å². The second-order valence-corrected chi connectivity index (χ2v) is 7.95. The number of hydrogen-bond acceptors (Lipinski definition) is 3. The second kappa shape index (κ2) is 10.9. The van der Waals surface area contributed by atoms with Crippen molar-refractivity contribution in [3.63, 3.8) is 0 Å². The van der Waals surface area contributed by atoms with Crippen molar-refractivity contribution in [1.29, 1.82) is 0 Å². The van der Waals surface area contributed by atoms with Gasteiger partial charge in [-0.3, -0.25) is 9.69 Å². The standard InChI is InChI=1S/C26H34N4O/c1-5-29(6-2)19-23-14-12-22(13-15-23)18-27-26(31)17-16-25-20(3)28-30(21(25)4)24-10-8-7-9-11-24/h7-15H,5-6,16-19H2,1-4H3,(H,27,31). The van der Waals surface area contributed by atoms with Gasteiger partial charge in [0, 0.05) is 25.2 Å². The molecule has 0 saturated carbocycles. The van der Waals surface area contributed by atoms with E-state index in [0.29, 0.717) is 19.4 Å². The van der Waals surface area contributed by atoms with Gasteiger partial charge in [0.2, 0.25) is 5.91 Å². The van der Waals surface area contributed by atoms with Gasteiger partial charge in [-0.1, -0.05) is 56.3 Å². The molecule has 0 bridgehead atoms. The molecule has 3 aromatic rings. The summed E-state index contributed by atoms with van der Waals surface area (Å²) >= 11 is 0. The van der Waals surface area contributed by atoms with Crippen LogP contribution in [-0.4, -0.2) is 33.7 Å². The lowest BCUT2D eigenvalue weighted by Crippen LogP contribution is -2.23. The predicted molar refractivity (Wildman–Crippen MR) is 126 cm³/mol. The lowest BCUT2D eigenvalue weighted by Gasteiger charge is -2.18. The molecule has 0 fully saturated rings. The van der Waals surface area contributed by atoms with Crippen LogP contribution in [-0.2, 0) is 24.3 Å². The molecule has 0 aliphatic heterocycles. The Labute approximate surface area is 186 Å². The maximum atomic E-state index is 12.4. The number of amides is 1. The van der Waals surface area contributed by atoms with Crippen LogP contribution in [0.15, 0.2) is 54.6 Å². The van der Waals surface area contributed by atoms with Crippen molar-refractivity contribution in [2.75, 3.05) is 13.1 Å². The van der Waals surface area contributed by atoms with E-state index in [1.165, 1.54) is 5.56 Å². The first-order valence-corrected chi connectivity index (χ1v) is 11.2. The van der Waals surface area contributed by atoms with Gasteiger partial charge < -0.3 is 5.32 Å². The molecule has 1 aromatic heterocycles. The highest BCUT2D eigenvalue weighted by molar-refractivity contribution is 5.76. The highest BCUT2D eigenvalue weighted by Crippen LogP contribution is 2.19. The number of benzene rings is 2. The van der Waals surface area contributed by atoms with Crippen molar-refractivity contribution in [2.45, 2.75) is 53.6 Å². The third-order valence-corrected chi connectivity index (χ3v) is 5.86. The molecule has 1 heterocycles. The van der Waals surface area contributed by atoms with Gasteiger partial charge in [0.05, 0.1) is 11.4 Å². The van der Waals surface area contributed by atoms with E-state index in [4.69, 9.17) is 0 Å². The topological polar surface area (TPSA) is 50.2 Å². The Kier molecular flexibility index (Phi) is 8.01. The monoisotopic (exact) mass is 418 g/mol. The molecule has 164 valence electrons. The number of hydrogen-bond donors (Lipinski definition) is 1. The number of para-hydroxylation sites is 1. The predicted octanol–water partition coefficient (Wildman–Crippen LogP) is 4.58. The second-order valence-electron chi connectivity index (χ2n) is 7.95. The molecule has 31 heavy (non-hydrogen) atoms. The molecule has 0 aliphatic rings. The zero-order valence-corrected chi connectivity index (χ0v) is 19.2. The van der Waals surface area contributed by atoms with Gasteiger partial charge >= 0.3 is 0 Å². The lowest BCUT2D eigenvalue weighted by atomic mass is 10.1. The maximum absolute atomic E-state index is 12.4. The average Bonchev–Trinajstić information content (AvgIpc) is 3.09. The Bertz CT molecular complexity index is 973. The first kappa shape index (κ1) is 22.8. The van der Waals surface area contributed by atoms with Gasteiger partial charge in [0.25, 0.3) is 0 Å². The molecule has 0 atom stereocenters. The summed E-state index contributed by atoms with van der Waals surface area (Å²) in [7, 11) is 0. The molecular formula is C26H34N4O. The van der Waals surface area contributed by atoms with Crippen LogP contribution in [0.4, 0.5) is 0 Å². The van der Waals surface area contributed by atoms with E-state index >= 15 is 0 Å². The zero-order chi connectivity index (χ0) is 22.2. The number of rotatable bonds is 10. The molecule has 0 unspecified atom stereocenters. The SMILES string of the molecule is CCN(CC)Cc1ccc(CNC(=O)CCc2c(C)nn(-c3ccccc3)c2C)cc1. The summed E-state index contributed by atoms with van der Waals surface area (Å²) in [5.74, 6) is 0.0680. The normalized spacial score (nSPS) is 11.1. The van der Waals surface area contributed by atoms with Crippen LogP contribution in [0.5, 0.6) is 0 Å². The van der Waals surface area contributed by atoms with Crippen molar-refractivity contribution in [1.82, 2.24) is 20.0 Å². The minimum absolute atomic E-state index is 0.0680. The minimum atomic E-state index is 0.0680. The molecular weight excluding hydrogens is 384 g/mol. The number of aromatic nitrogens is 2. The van der Waals surface area contributed by atoms with E-state index in [-0.39, 0.29) is 5.91 Å². The minimum Gasteiger partial charge on any atom is -0.352 e. The quantitative estimate of drug-likeness (QED) is 0.524. The first-order valence-electron chi connectivity index (χ1n) is 11.2. The van der Waals surface area contributed by atoms with Crippen molar-refractivity contribution < 1.29 is 4.79 Å². The van der Waals surface area contributed by atoms with Crippen LogP contribution in [0.25, 0.3) is 5.69 Å². The number of nitrogens with zero attached hydrogens (tertiary/aromatic N) is 3. The molecule has 2 aromatic carbocycles. The number of carbonyl (C=O) groups is 1. The van der Waals surface area contributed by atoms with E-state index in [9.17, 15) is 4.79 Å². The van der Waals surface area contributed by atoms with E-state index in [2.05, 4.69) is 60.4 Å². The summed E-state index contributed by atoms with van der Waals surface area (Å²) in [5.41, 5.74) is 6.71. The van der Waals surface area contributed by atoms with Crippen LogP contribution in [0, 0.1) is 13.8 Å². The molecule has 0 radical (unpaired) electrons. The number of nitrogens with one attached hydrogen (secondary N) is 1. The molecule has 1 N–H and O–H groups in total. The third-order valence-electron chi connectivity index (χ3n) is 5.86. The van der Waals surface area contributed by atoms with Crippen molar-refractivity contribution in [3.8, 4) is 5.69 Å². The molecule has 0 aliphatic carbocycles. The van der Waals surface area contributed by atoms with Crippen LogP contribution in [0.2, 0.25) is 0 Å². The fraction of sp³-hybridized carbons (Fsp3) is 0.385. The Morgan fingerprint density at radius 1 is 0.968 bits per heavy atom. The van der Waals surface area contributed by atoms with Gasteiger partial charge in [-0.05, 0) is 62.2 Å². The number of aryl methyl sites for hydroxylation is 1. The van der Waals surface area contributed by atoms with Crippen LogP contribution in [0.3, 0.4) is 0 Å². The van der Waals surface area contributed by atoms with E-state index in [0.717, 1.165) is 47.8 Å². The summed E-state index contributed by atoms with van der Waals surface area (Å²) in [4.78, 5) is 14.8. The summed E-state index contributed by atoms with van der Waals surface area (Å²) in [6.45, 7) is 12.1. The maximum Gasteiger partial charge on any atom is 0.220 e. The highest BCUT2D eigenvalue weighted by Gasteiger charge is 2.14. The van der Waals surface area contributed by atoms with Gasteiger partial charge in [-0.2, -0.15) is 5.10 Å². The fourth-order valence-corrected chi connectivity index (χ4v) is 3.85. The van der Waals surface area contributed by atoms with Gasteiger partial charge in [0.15, 0.2) is 0 Å². The highest BCUT2D eigenvalue weighted by atomic mass is 16.1. The lowest BCUT2D eigenvalue weighted by molar-refractivity contribution is -0.121. The van der Waals surface area contributed by atoms with Gasteiger partial charge in [-0.15, -0.1) is 0 Å². The van der Waals surface area contributed by atoms with E-state index in [1.807, 2.05) is 41.9 Å². The summed E-state index contributed by atoms with van der Waals surface area (Å²) < 4.78 is 1.96. The summed E-state index contributed by atoms with van der Waals surface area (Å²) in [5, 5.41) is 7.73. The average molecular weight is 419 g/mol. The smallest absolute Gasteiger partial charge is 0.220 e. The Morgan fingerprint density at radius 2 is 1.61 bits per heavy atom. The third kappa shape index (κ3) is 6.05. The molecule has 5 heteroatoms. The van der Waals surface area contributed by atoms with Gasteiger partial charge in [0.1, 0.15) is 0 Å². The molecule has 3 rings (SSSR count). The Hall–Kier alpha value is -2.92. The van der Waals surface area contributed by atoms with Gasteiger partial charge in [-0.25, -0.2) is 4.68 Å². The fourth-order valence-electron chi connectivity index (χ4n) is 3.85. The van der Waals surface area contributed by atoms with Crippen molar-refractivity contribution >= 4 is 5.91 Å². The van der Waals surface area contributed by atoms with Crippen LogP contribution >= 0.6 is 0 Å². The molecule has 5 nitrogen and oxygen atoms in total. The van der Waals surface area contributed by atoms with E-state index in [1.54, 1.807) is 0 Å². The molecule has 0 saturated heterocycles. The first-order chi connectivity index (χ1) is 15.0. The number of carbonyl (C=O) groups excluding carboxylic acids is 1. The largest absolute Gasteiger partial charge is 0.352 e. The van der Waals surface area contributed by atoms with Crippen molar-refractivity contribution in [3.05, 3.63) is 82.7 Å². The Morgan fingerprint density at radius 3 is 2.26 bits per heavy atom. The zero-order valence-electron chi connectivity index (χ0n) is 19.2. The summed E-state index contributed by atoms with van der Waals surface area (Å²) in [6.07, 6.45) is 1.15. The van der Waals surface area contributed by atoms with Crippen LogP contribution < -0.4 is 5.32 Å². The molecule has 1 amide bonds. The Balaban J connectivity index is 1.51. The van der Waals surface area contributed by atoms with Crippen molar-refractivity contribution in [2.24, 2.45) is 0 Å². The summed E-state index contributed by atoms with van der Waals surface area (Å²) in [6, 6.07) is 18.6. The molecule has 0 spiro atoms.